The van der Waals surface area contributed by atoms with E-state index in [2.05, 4.69) is 4.98 Å². The van der Waals surface area contributed by atoms with Gasteiger partial charge >= 0.3 is 0 Å². The molecule has 5 rings (SSSR count). The third kappa shape index (κ3) is 5.09. The summed E-state index contributed by atoms with van der Waals surface area (Å²) in [5.74, 6) is 2.13. The Morgan fingerprint density at radius 3 is 2.88 bits per heavy atom. The number of para-hydroxylation sites is 1. The lowest BCUT2D eigenvalue weighted by molar-refractivity contribution is 0.0593. The predicted octanol–water partition coefficient (Wildman–Crippen LogP) is 4.21. The Kier molecular flexibility index (Phi) is 6.80. The predicted molar refractivity (Wildman–Crippen MR) is 132 cm³/mol. The molecule has 1 aromatic carbocycles. The van der Waals surface area contributed by atoms with Gasteiger partial charge in [0.25, 0.3) is 5.56 Å². The first-order chi connectivity index (χ1) is 16.6. The van der Waals surface area contributed by atoms with Crippen LogP contribution in [-0.4, -0.2) is 39.2 Å². The number of ether oxygens (including phenoxy) is 1. The molecular weight excluding hydrogens is 450 g/mol. The second kappa shape index (κ2) is 10.1. The highest BCUT2D eigenvalue weighted by molar-refractivity contribution is 7.18. The number of nitrogens with one attached hydrogen (secondary N) is 1. The number of nitrogens with zero attached hydrogens (tertiary/aromatic N) is 2. The number of fused-ring (bicyclic) bond motifs is 3. The Morgan fingerprint density at radius 2 is 2.06 bits per heavy atom. The van der Waals surface area contributed by atoms with E-state index in [-0.39, 0.29) is 12.2 Å². The summed E-state index contributed by atoms with van der Waals surface area (Å²) >= 11 is 1.64. The standard InChI is InChI=1S/C26H29N3O4S/c1-17-7-2-4-10-21(17)33-16-18(30)13-29(14-19-8-6-12-32-19)15-23-27-25(31)24-20-9-3-5-11-22(20)34-26(24)28-23/h2,4,6-8,10,12,18,30H,3,5,9,11,13-16H2,1H3,(H,27,28,31)/t18-/m1/s1. The third-order valence-corrected chi connectivity index (χ3v) is 7.39. The Bertz CT molecular complexity index is 1310. The van der Waals surface area contributed by atoms with Gasteiger partial charge < -0.3 is 19.2 Å². The first kappa shape index (κ1) is 22.8. The van der Waals surface area contributed by atoms with Crippen molar-refractivity contribution in [2.24, 2.45) is 0 Å². The minimum Gasteiger partial charge on any atom is -0.491 e. The van der Waals surface area contributed by atoms with Crippen LogP contribution in [0.3, 0.4) is 0 Å². The lowest BCUT2D eigenvalue weighted by Gasteiger charge is -2.24. The van der Waals surface area contributed by atoms with E-state index in [4.69, 9.17) is 14.1 Å². The van der Waals surface area contributed by atoms with Crippen LogP contribution in [0.5, 0.6) is 5.75 Å². The number of furan rings is 1. The van der Waals surface area contributed by atoms with Gasteiger partial charge in [-0.3, -0.25) is 9.69 Å². The summed E-state index contributed by atoms with van der Waals surface area (Å²) in [5.41, 5.74) is 2.14. The summed E-state index contributed by atoms with van der Waals surface area (Å²) in [6.07, 6.45) is 5.19. The second-order valence-electron chi connectivity index (χ2n) is 8.88. The topological polar surface area (TPSA) is 91.6 Å². The van der Waals surface area contributed by atoms with Crippen LogP contribution in [-0.2, 0) is 25.9 Å². The number of thiophene rings is 1. The Morgan fingerprint density at radius 1 is 1.21 bits per heavy atom. The van der Waals surface area contributed by atoms with Gasteiger partial charge in [-0.25, -0.2) is 4.98 Å². The molecule has 1 aliphatic rings. The molecule has 0 fully saturated rings. The van der Waals surface area contributed by atoms with Crippen molar-refractivity contribution in [3.05, 3.63) is 80.6 Å². The van der Waals surface area contributed by atoms with Crippen LogP contribution in [0.2, 0.25) is 0 Å². The summed E-state index contributed by atoms with van der Waals surface area (Å²) in [6.45, 7) is 3.36. The minimum atomic E-state index is -0.723. The molecule has 0 bridgehead atoms. The molecule has 0 unspecified atom stereocenters. The quantitative estimate of drug-likeness (QED) is 0.374. The number of benzene rings is 1. The van der Waals surface area contributed by atoms with E-state index >= 15 is 0 Å². The van der Waals surface area contributed by atoms with Crippen molar-refractivity contribution in [2.75, 3.05) is 13.2 Å². The first-order valence-electron chi connectivity index (χ1n) is 11.7. The summed E-state index contributed by atoms with van der Waals surface area (Å²) in [7, 11) is 0. The lowest BCUT2D eigenvalue weighted by atomic mass is 9.97. The monoisotopic (exact) mass is 479 g/mol. The van der Waals surface area contributed by atoms with E-state index in [1.165, 1.54) is 16.9 Å². The number of aromatic nitrogens is 2. The van der Waals surface area contributed by atoms with Crippen LogP contribution in [0.4, 0.5) is 0 Å². The fraction of sp³-hybridized carbons (Fsp3) is 0.385. The van der Waals surface area contributed by atoms with Crippen LogP contribution in [0.15, 0.2) is 51.9 Å². The maximum absolute atomic E-state index is 12.9. The molecule has 0 saturated carbocycles. The zero-order chi connectivity index (χ0) is 23.5. The molecule has 3 aromatic heterocycles. The maximum atomic E-state index is 12.9. The summed E-state index contributed by atoms with van der Waals surface area (Å²) < 4.78 is 11.4. The molecule has 0 amide bonds. The molecule has 2 N–H and O–H groups in total. The van der Waals surface area contributed by atoms with Gasteiger partial charge in [0.05, 0.1) is 24.7 Å². The summed E-state index contributed by atoms with van der Waals surface area (Å²) in [5, 5.41) is 11.5. The van der Waals surface area contributed by atoms with Gasteiger partial charge in [-0.15, -0.1) is 11.3 Å². The summed E-state index contributed by atoms with van der Waals surface area (Å²) in [4.78, 5) is 24.9. The number of hydrogen-bond donors (Lipinski definition) is 2. The van der Waals surface area contributed by atoms with Gasteiger partial charge in [0.15, 0.2) is 0 Å². The van der Waals surface area contributed by atoms with E-state index in [9.17, 15) is 9.90 Å². The van der Waals surface area contributed by atoms with Gasteiger partial charge in [-0.1, -0.05) is 18.2 Å². The summed E-state index contributed by atoms with van der Waals surface area (Å²) in [6, 6.07) is 11.5. The molecule has 34 heavy (non-hydrogen) atoms. The van der Waals surface area contributed by atoms with E-state index in [0.29, 0.717) is 25.5 Å². The van der Waals surface area contributed by atoms with Gasteiger partial charge in [-0.05, 0) is 61.9 Å². The van der Waals surface area contributed by atoms with Gasteiger partial charge in [0.1, 0.15) is 34.9 Å². The highest BCUT2D eigenvalue weighted by Gasteiger charge is 2.21. The molecule has 8 heteroatoms. The smallest absolute Gasteiger partial charge is 0.259 e. The normalized spacial score (nSPS) is 14.4. The minimum absolute atomic E-state index is 0.0687. The average molecular weight is 480 g/mol. The molecule has 178 valence electrons. The van der Waals surface area contributed by atoms with Gasteiger partial charge in [-0.2, -0.15) is 0 Å². The highest BCUT2D eigenvalue weighted by atomic mass is 32.1. The SMILES string of the molecule is Cc1ccccc1OC[C@H](O)CN(Cc1nc2sc3c(c2c(=O)[nH]1)CCCC3)Cc1ccco1. The van der Waals surface area contributed by atoms with E-state index in [1.54, 1.807) is 17.6 Å². The molecule has 0 spiro atoms. The number of aliphatic hydroxyl groups is 1. The molecular formula is C26H29N3O4S. The number of aryl methyl sites for hydroxylation is 3. The largest absolute Gasteiger partial charge is 0.491 e. The van der Waals surface area contributed by atoms with Gasteiger partial charge in [0, 0.05) is 11.4 Å². The van der Waals surface area contributed by atoms with Crippen molar-refractivity contribution in [2.45, 2.75) is 51.8 Å². The molecule has 1 aliphatic carbocycles. The van der Waals surface area contributed by atoms with Crippen molar-refractivity contribution in [3.63, 3.8) is 0 Å². The van der Waals surface area contributed by atoms with Crippen LogP contribution >= 0.6 is 11.3 Å². The number of aromatic amines is 1. The molecule has 3 heterocycles. The van der Waals surface area contributed by atoms with Crippen molar-refractivity contribution >= 4 is 21.6 Å². The van der Waals surface area contributed by atoms with E-state index in [1.807, 2.05) is 48.2 Å². The Labute approximate surface area is 202 Å². The lowest BCUT2D eigenvalue weighted by Crippen LogP contribution is -2.35. The average Bonchev–Trinajstić information content (AvgIpc) is 3.46. The number of aliphatic hydroxyl groups excluding tert-OH is 1. The molecule has 0 aliphatic heterocycles. The molecule has 4 aromatic rings. The molecule has 0 radical (unpaired) electrons. The Hall–Kier alpha value is -2.94. The van der Waals surface area contributed by atoms with Crippen LogP contribution in [0, 0.1) is 6.92 Å². The van der Waals surface area contributed by atoms with Crippen LogP contribution in [0.25, 0.3) is 10.2 Å². The third-order valence-electron chi connectivity index (χ3n) is 6.20. The zero-order valence-corrected chi connectivity index (χ0v) is 20.1. The second-order valence-corrected chi connectivity index (χ2v) is 9.97. The number of rotatable bonds is 9. The van der Waals surface area contributed by atoms with Crippen molar-refractivity contribution in [1.82, 2.24) is 14.9 Å². The van der Waals surface area contributed by atoms with Crippen molar-refractivity contribution < 1.29 is 14.3 Å². The molecule has 1 atom stereocenters. The van der Waals surface area contributed by atoms with Crippen molar-refractivity contribution in [3.8, 4) is 5.75 Å². The maximum Gasteiger partial charge on any atom is 0.259 e. The fourth-order valence-electron chi connectivity index (χ4n) is 4.56. The van der Waals surface area contributed by atoms with E-state index < -0.39 is 6.10 Å². The Balaban J connectivity index is 1.33. The van der Waals surface area contributed by atoms with E-state index in [0.717, 1.165) is 46.6 Å². The fourth-order valence-corrected chi connectivity index (χ4v) is 5.84. The number of H-pyrrole nitrogens is 1. The zero-order valence-electron chi connectivity index (χ0n) is 19.3. The van der Waals surface area contributed by atoms with Crippen LogP contribution < -0.4 is 10.3 Å². The van der Waals surface area contributed by atoms with Crippen LogP contribution in [0.1, 0.15) is 40.4 Å². The molecule has 0 saturated heterocycles. The first-order valence-corrected chi connectivity index (χ1v) is 12.5. The van der Waals surface area contributed by atoms with Crippen molar-refractivity contribution in [1.29, 1.82) is 0 Å². The number of hydrogen-bond acceptors (Lipinski definition) is 7. The molecule has 7 nitrogen and oxygen atoms in total. The highest BCUT2D eigenvalue weighted by Crippen LogP contribution is 2.33. The van der Waals surface area contributed by atoms with Gasteiger partial charge in [0.2, 0.25) is 0 Å².